The van der Waals surface area contributed by atoms with Crippen molar-refractivity contribution < 1.29 is 17.4 Å². The van der Waals surface area contributed by atoms with Gasteiger partial charge >= 0.3 is 0 Å². The monoisotopic (exact) mass is 303 g/mol. The summed E-state index contributed by atoms with van der Waals surface area (Å²) in [5.41, 5.74) is 0.565. The number of rotatable bonds is 5. The molecule has 6 heteroatoms. The zero-order valence-electron chi connectivity index (χ0n) is 10.6. The highest BCUT2D eigenvalue weighted by Gasteiger charge is 2.14. The fourth-order valence-electron chi connectivity index (χ4n) is 1.25. The van der Waals surface area contributed by atoms with E-state index in [1.165, 1.54) is 24.3 Å². The lowest BCUT2D eigenvalue weighted by Gasteiger charge is -2.10. The molecule has 1 N–H and O–H groups in total. The van der Waals surface area contributed by atoms with Gasteiger partial charge < -0.3 is 5.32 Å². The molecule has 0 heterocycles. The number of nitrogens with one attached hydrogen (secondary N) is 1. The van der Waals surface area contributed by atoms with Crippen molar-refractivity contribution in [3.05, 3.63) is 24.3 Å². The summed E-state index contributed by atoms with van der Waals surface area (Å²) in [6, 6.07) is 5.86. The Morgan fingerprint density at radius 3 is 2.15 bits per heavy atom. The molecule has 20 heavy (non-hydrogen) atoms. The molecule has 116 valence electrons. The van der Waals surface area contributed by atoms with E-state index in [-0.39, 0.29) is 31.6 Å². The number of carbonyl (C=O) groups is 1. The second kappa shape index (κ2) is 8.71. The maximum atomic E-state index is 11.6. The number of amides is 1. The largest absolute Gasteiger partial charge is 0.326 e. The minimum Gasteiger partial charge on any atom is -0.326 e. The Bertz CT molecular complexity index is 508. The summed E-state index contributed by atoms with van der Waals surface area (Å²) in [4.78, 5) is 11.7. The van der Waals surface area contributed by atoms with Gasteiger partial charge in [0.2, 0.25) is 5.91 Å². The van der Waals surface area contributed by atoms with E-state index in [1.807, 2.05) is 13.8 Å². The van der Waals surface area contributed by atoms with Crippen molar-refractivity contribution in [1.82, 2.24) is 0 Å². The minimum atomic E-state index is -3.68. The van der Waals surface area contributed by atoms with Crippen molar-refractivity contribution >= 4 is 21.7 Å². The van der Waals surface area contributed by atoms with Gasteiger partial charge in [0.15, 0.2) is 0 Å². The third-order valence-corrected chi connectivity index (χ3v) is 3.98. The molecule has 1 rings (SSSR count). The minimum absolute atomic E-state index is 0. The zero-order chi connectivity index (χ0) is 13.8. The van der Waals surface area contributed by atoms with Gasteiger partial charge in [-0.15, -0.1) is 0 Å². The predicted octanol–water partition coefficient (Wildman–Crippen LogP) is 3.28. The Labute approximate surface area is 122 Å². The Morgan fingerprint density at radius 1 is 1.25 bits per heavy atom. The van der Waals surface area contributed by atoms with Crippen LogP contribution in [-0.4, -0.2) is 21.4 Å². The molecule has 1 atom stereocenters. The molecule has 0 saturated heterocycles. The van der Waals surface area contributed by atoms with Crippen molar-refractivity contribution in [3.8, 4) is 0 Å². The topological polar surface area (TPSA) is 72.5 Å². The van der Waals surface area contributed by atoms with Gasteiger partial charge in [-0.25, -0.2) is 0 Å². The SMILES string of the molecule is C.C.CCC(C)C(=O)Nc1ccc(S(=O)(=O)OC)cc1. The molecule has 0 aromatic heterocycles. The van der Waals surface area contributed by atoms with Gasteiger partial charge in [0.25, 0.3) is 10.1 Å². The van der Waals surface area contributed by atoms with E-state index >= 15 is 0 Å². The van der Waals surface area contributed by atoms with Gasteiger partial charge in [0.1, 0.15) is 0 Å². The summed E-state index contributed by atoms with van der Waals surface area (Å²) < 4.78 is 27.1. The summed E-state index contributed by atoms with van der Waals surface area (Å²) in [6.07, 6.45) is 0.752. The molecule has 1 unspecified atom stereocenters. The molecule has 0 spiro atoms. The molecular formula is C14H25NO4S. The lowest BCUT2D eigenvalue weighted by Crippen LogP contribution is -2.19. The summed E-state index contributed by atoms with van der Waals surface area (Å²) in [7, 11) is -2.57. The van der Waals surface area contributed by atoms with Gasteiger partial charge in [-0.3, -0.25) is 8.98 Å². The van der Waals surface area contributed by atoms with Crippen LogP contribution in [0.1, 0.15) is 35.1 Å². The van der Waals surface area contributed by atoms with Crippen molar-refractivity contribution in [2.24, 2.45) is 5.92 Å². The smallest absolute Gasteiger partial charge is 0.296 e. The molecule has 1 amide bonds. The number of anilines is 1. The predicted molar refractivity (Wildman–Crippen MR) is 82.2 cm³/mol. The third kappa shape index (κ3) is 5.30. The lowest BCUT2D eigenvalue weighted by molar-refractivity contribution is -0.119. The lowest BCUT2D eigenvalue weighted by atomic mass is 10.1. The molecule has 0 aliphatic carbocycles. The average molecular weight is 303 g/mol. The molecule has 0 fully saturated rings. The van der Waals surface area contributed by atoms with Gasteiger partial charge in [0.05, 0.1) is 12.0 Å². The standard InChI is InChI=1S/C12H17NO4S.2CH4/c1-4-9(2)12(14)13-10-5-7-11(8-6-10)18(15,16)17-3;;/h5-9H,4H2,1-3H3,(H,13,14);2*1H4. The van der Waals surface area contributed by atoms with Gasteiger partial charge in [-0.05, 0) is 30.7 Å². The molecule has 0 bridgehead atoms. The first-order chi connectivity index (χ1) is 8.40. The van der Waals surface area contributed by atoms with Crippen molar-refractivity contribution in [2.45, 2.75) is 40.0 Å². The van der Waals surface area contributed by atoms with Crippen LogP contribution in [-0.2, 0) is 19.1 Å². The van der Waals surface area contributed by atoms with Crippen LogP contribution in [0.5, 0.6) is 0 Å². The van der Waals surface area contributed by atoms with Crippen LogP contribution in [0.15, 0.2) is 29.2 Å². The summed E-state index contributed by atoms with van der Waals surface area (Å²) in [5.74, 6) is -0.160. The van der Waals surface area contributed by atoms with Crippen molar-refractivity contribution in [1.29, 1.82) is 0 Å². The molecule has 5 nitrogen and oxygen atoms in total. The number of hydrogen-bond acceptors (Lipinski definition) is 4. The fourth-order valence-corrected chi connectivity index (χ4v) is 1.91. The average Bonchev–Trinajstić information content (AvgIpc) is 2.38. The number of hydrogen-bond donors (Lipinski definition) is 1. The Balaban J connectivity index is 0. The van der Waals surface area contributed by atoms with Crippen molar-refractivity contribution in [2.75, 3.05) is 12.4 Å². The van der Waals surface area contributed by atoms with E-state index < -0.39 is 10.1 Å². The molecule has 1 aromatic carbocycles. The molecule has 0 radical (unpaired) electrons. The molecule has 0 saturated carbocycles. The normalized spacial score (nSPS) is 11.8. The highest BCUT2D eigenvalue weighted by atomic mass is 32.2. The summed E-state index contributed by atoms with van der Waals surface area (Å²) in [6.45, 7) is 3.76. The molecular weight excluding hydrogens is 278 g/mol. The Kier molecular flexibility index (Phi) is 9.10. The van der Waals surface area contributed by atoms with Crippen LogP contribution in [0.2, 0.25) is 0 Å². The van der Waals surface area contributed by atoms with Gasteiger partial charge in [-0.1, -0.05) is 28.7 Å². The van der Waals surface area contributed by atoms with E-state index in [2.05, 4.69) is 9.50 Å². The molecule has 1 aromatic rings. The van der Waals surface area contributed by atoms with E-state index in [0.717, 1.165) is 13.5 Å². The first-order valence-corrected chi connectivity index (χ1v) is 7.03. The molecule has 0 aliphatic rings. The highest BCUT2D eigenvalue weighted by molar-refractivity contribution is 7.86. The van der Waals surface area contributed by atoms with E-state index in [0.29, 0.717) is 5.69 Å². The third-order valence-electron chi connectivity index (χ3n) is 2.69. The summed E-state index contributed by atoms with van der Waals surface area (Å²) >= 11 is 0. The van der Waals surface area contributed by atoms with Gasteiger partial charge in [0, 0.05) is 11.6 Å². The zero-order valence-corrected chi connectivity index (χ0v) is 11.5. The quantitative estimate of drug-likeness (QED) is 0.847. The van der Waals surface area contributed by atoms with Crippen LogP contribution >= 0.6 is 0 Å². The first-order valence-electron chi connectivity index (χ1n) is 5.62. The number of benzene rings is 1. The van der Waals surface area contributed by atoms with Crippen molar-refractivity contribution in [3.63, 3.8) is 0 Å². The maximum Gasteiger partial charge on any atom is 0.296 e. The fraction of sp³-hybridized carbons (Fsp3) is 0.500. The highest BCUT2D eigenvalue weighted by Crippen LogP contribution is 2.16. The maximum absolute atomic E-state index is 11.6. The van der Waals surface area contributed by atoms with Gasteiger partial charge in [-0.2, -0.15) is 8.42 Å². The van der Waals surface area contributed by atoms with Crippen LogP contribution in [0, 0.1) is 5.92 Å². The van der Waals surface area contributed by atoms with Crippen LogP contribution < -0.4 is 5.32 Å². The van der Waals surface area contributed by atoms with E-state index in [9.17, 15) is 13.2 Å². The summed E-state index contributed by atoms with van der Waals surface area (Å²) in [5, 5.41) is 2.71. The second-order valence-electron chi connectivity index (χ2n) is 3.94. The van der Waals surface area contributed by atoms with Crippen LogP contribution in [0.4, 0.5) is 5.69 Å². The van der Waals surface area contributed by atoms with E-state index in [1.54, 1.807) is 0 Å². The number of carbonyl (C=O) groups excluding carboxylic acids is 1. The Hall–Kier alpha value is -1.40. The second-order valence-corrected chi connectivity index (χ2v) is 5.66. The molecule has 0 aliphatic heterocycles. The first kappa shape index (κ1) is 20.9. The van der Waals surface area contributed by atoms with Crippen LogP contribution in [0.25, 0.3) is 0 Å². The van der Waals surface area contributed by atoms with E-state index in [4.69, 9.17) is 0 Å². The Morgan fingerprint density at radius 2 is 1.75 bits per heavy atom. The van der Waals surface area contributed by atoms with Crippen LogP contribution in [0.3, 0.4) is 0 Å².